The molecule has 0 atom stereocenters. The number of carbonyl (C=O) groups is 3. The van der Waals surface area contributed by atoms with Crippen molar-refractivity contribution in [2.24, 2.45) is 5.41 Å². The topological polar surface area (TPSA) is 83.5 Å². The lowest BCUT2D eigenvalue weighted by atomic mass is 9.85. The molecule has 3 rings (SSSR count). The van der Waals surface area contributed by atoms with Crippen molar-refractivity contribution < 1.29 is 23.9 Å². The second-order valence-electron chi connectivity index (χ2n) is 8.81. The van der Waals surface area contributed by atoms with Gasteiger partial charge in [-0.15, -0.1) is 0 Å². The number of nitrogens with one attached hydrogen (secondary N) is 1. The van der Waals surface area contributed by atoms with Crippen molar-refractivity contribution in [1.29, 1.82) is 0 Å². The van der Waals surface area contributed by atoms with Crippen LogP contribution in [0.25, 0.3) is 11.1 Å². The maximum Gasteiger partial charge on any atom is 0.309 e. The number of benzene rings is 3. The van der Waals surface area contributed by atoms with E-state index < -0.39 is 11.4 Å². The van der Waals surface area contributed by atoms with E-state index >= 15 is 0 Å². The summed E-state index contributed by atoms with van der Waals surface area (Å²) < 4.78 is 13.5. The van der Waals surface area contributed by atoms with Gasteiger partial charge in [-0.2, -0.15) is 0 Å². The highest BCUT2D eigenvalue weighted by Gasteiger charge is 2.30. The van der Waals surface area contributed by atoms with Crippen LogP contribution in [0.15, 0.2) is 60.7 Å². The van der Waals surface area contributed by atoms with Gasteiger partial charge in [0.25, 0.3) is 5.91 Å². The van der Waals surface area contributed by atoms with Crippen LogP contribution in [0.3, 0.4) is 0 Å². The molecule has 0 radical (unpaired) electrons. The molecule has 6 heteroatoms. The number of aliphatic carboxylic acids is 1. The summed E-state index contributed by atoms with van der Waals surface area (Å²) >= 11 is 0. The molecule has 0 aliphatic heterocycles. The summed E-state index contributed by atoms with van der Waals surface area (Å²) in [6.07, 6.45) is -0.0806. The van der Waals surface area contributed by atoms with Crippen LogP contribution in [-0.4, -0.2) is 22.8 Å². The zero-order valence-electron chi connectivity index (χ0n) is 19.0. The van der Waals surface area contributed by atoms with Crippen LogP contribution < -0.4 is 5.32 Å². The molecule has 0 unspecified atom stereocenters. The van der Waals surface area contributed by atoms with Gasteiger partial charge >= 0.3 is 5.97 Å². The molecule has 5 nitrogen and oxygen atoms in total. The molecule has 0 saturated carbocycles. The lowest BCUT2D eigenvalue weighted by molar-refractivity contribution is -0.146. The van der Waals surface area contributed by atoms with Gasteiger partial charge in [0.1, 0.15) is 5.82 Å². The second-order valence-corrected chi connectivity index (χ2v) is 8.81. The van der Waals surface area contributed by atoms with Crippen molar-refractivity contribution in [3.8, 4) is 11.1 Å². The second kappa shape index (κ2) is 9.36. The Morgan fingerprint density at radius 1 is 0.848 bits per heavy atom. The van der Waals surface area contributed by atoms with E-state index in [-0.39, 0.29) is 23.9 Å². The fourth-order valence-electron chi connectivity index (χ4n) is 3.39. The maximum atomic E-state index is 13.5. The minimum atomic E-state index is -1.13. The number of halogens is 1. The van der Waals surface area contributed by atoms with E-state index in [4.69, 9.17) is 0 Å². The highest BCUT2D eigenvalue weighted by molar-refractivity contribution is 6.05. The summed E-state index contributed by atoms with van der Waals surface area (Å²) in [4.78, 5) is 36.2. The van der Waals surface area contributed by atoms with Crippen molar-refractivity contribution in [2.75, 3.05) is 5.32 Å². The van der Waals surface area contributed by atoms with Gasteiger partial charge in [-0.1, -0.05) is 30.3 Å². The van der Waals surface area contributed by atoms with E-state index in [2.05, 4.69) is 5.32 Å². The number of anilines is 1. The third-order valence-corrected chi connectivity index (χ3v) is 5.62. The summed E-state index contributed by atoms with van der Waals surface area (Å²) in [6, 6.07) is 16.8. The minimum Gasteiger partial charge on any atom is -0.481 e. The average molecular weight is 448 g/mol. The molecule has 0 saturated heterocycles. The van der Waals surface area contributed by atoms with Crippen molar-refractivity contribution in [1.82, 2.24) is 0 Å². The van der Waals surface area contributed by atoms with E-state index in [1.54, 1.807) is 25.1 Å². The number of ketones is 1. The van der Waals surface area contributed by atoms with Gasteiger partial charge in [0, 0.05) is 23.2 Å². The van der Waals surface area contributed by atoms with Gasteiger partial charge in [-0.3, -0.25) is 14.4 Å². The van der Waals surface area contributed by atoms with Gasteiger partial charge in [-0.05, 0) is 80.3 Å². The first kappa shape index (κ1) is 23.9. The summed E-state index contributed by atoms with van der Waals surface area (Å²) in [5.41, 5.74) is 3.42. The van der Waals surface area contributed by atoms with E-state index in [9.17, 15) is 23.9 Å². The Hall–Kier alpha value is -3.80. The number of amides is 1. The third kappa shape index (κ3) is 5.52. The van der Waals surface area contributed by atoms with Crippen molar-refractivity contribution in [3.63, 3.8) is 0 Å². The lowest BCUT2D eigenvalue weighted by Crippen LogP contribution is -2.26. The Balaban J connectivity index is 1.74. The largest absolute Gasteiger partial charge is 0.481 e. The maximum absolute atomic E-state index is 13.5. The minimum absolute atomic E-state index is 0.0806. The first-order valence-electron chi connectivity index (χ1n) is 10.5. The first-order chi connectivity index (χ1) is 15.5. The predicted molar refractivity (Wildman–Crippen MR) is 126 cm³/mol. The molecule has 0 aliphatic rings. The molecule has 0 aromatic heterocycles. The summed E-state index contributed by atoms with van der Waals surface area (Å²) in [5.74, 6) is -1.91. The number of carboxylic acid groups (broad SMARTS) is 1. The van der Waals surface area contributed by atoms with Crippen LogP contribution in [0, 0.1) is 25.1 Å². The Bertz CT molecular complexity index is 1230. The molecule has 0 heterocycles. The van der Waals surface area contributed by atoms with Gasteiger partial charge in [0.2, 0.25) is 0 Å². The number of rotatable bonds is 7. The Kier molecular flexibility index (Phi) is 6.77. The van der Waals surface area contributed by atoms with Gasteiger partial charge in [-0.25, -0.2) is 4.39 Å². The standard InChI is InChI=1S/C27H26FNO4/c1-16-13-21(9-11-22(16)28)25(31)29-23-12-10-20(14-17(23)2)18-5-7-19(8-6-18)24(30)15-27(3,4)26(32)33/h5-14H,15H2,1-4H3,(H,29,31)(H,32,33). The molecule has 0 aliphatic carbocycles. The van der Waals surface area contributed by atoms with E-state index in [1.165, 1.54) is 32.0 Å². The molecule has 1 amide bonds. The van der Waals surface area contributed by atoms with Crippen LogP contribution in [0.1, 0.15) is 52.1 Å². The van der Waals surface area contributed by atoms with Gasteiger partial charge < -0.3 is 10.4 Å². The Labute approximate surface area is 192 Å². The number of aryl methyl sites for hydroxylation is 2. The summed E-state index contributed by atoms with van der Waals surface area (Å²) in [5, 5.41) is 12.1. The molecular formula is C27H26FNO4. The van der Waals surface area contributed by atoms with Crippen LogP contribution >= 0.6 is 0 Å². The number of Topliss-reactive ketones (excluding diaryl/α,β-unsaturated/α-hetero) is 1. The van der Waals surface area contributed by atoms with Crippen molar-refractivity contribution in [3.05, 3.63) is 88.7 Å². The van der Waals surface area contributed by atoms with E-state index in [0.29, 0.717) is 22.4 Å². The molecule has 33 heavy (non-hydrogen) atoms. The molecule has 2 N–H and O–H groups in total. The lowest BCUT2D eigenvalue weighted by Gasteiger charge is -2.17. The molecule has 0 fully saturated rings. The fraction of sp³-hybridized carbons (Fsp3) is 0.222. The zero-order valence-corrected chi connectivity index (χ0v) is 19.0. The van der Waals surface area contributed by atoms with Crippen LogP contribution in [-0.2, 0) is 4.79 Å². The summed E-state index contributed by atoms with van der Waals surface area (Å²) in [7, 11) is 0. The molecule has 3 aromatic rings. The predicted octanol–water partition coefficient (Wildman–Crippen LogP) is 6.05. The number of carboxylic acids is 1. The average Bonchev–Trinajstić information content (AvgIpc) is 2.76. The van der Waals surface area contributed by atoms with E-state index in [1.807, 2.05) is 31.2 Å². The number of hydrogen-bond acceptors (Lipinski definition) is 3. The quantitative estimate of drug-likeness (QED) is 0.432. The molecule has 0 bridgehead atoms. The van der Waals surface area contributed by atoms with Gasteiger partial charge in [0.05, 0.1) is 5.41 Å². The fourth-order valence-corrected chi connectivity index (χ4v) is 3.39. The smallest absolute Gasteiger partial charge is 0.309 e. The van der Waals surface area contributed by atoms with Crippen LogP contribution in [0.5, 0.6) is 0 Å². The molecule has 0 spiro atoms. The zero-order chi connectivity index (χ0) is 24.3. The number of hydrogen-bond donors (Lipinski definition) is 2. The molecular weight excluding hydrogens is 421 g/mol. The van der Waals surface area contributed by atoms with Crippen molar-refractivity contribution >= 4 is 23.3 Å². The van der Waals surface area contributed by atoms with Crippen LogP contribution in [0.2, 0.25) is 0 Å². The Morgan fingerprint density at radius 2 is 1.45 bits per heavy atom. The van der Waals surface area contributed by atoms with Crippen LogP contribution in [0.4, 0.5) is 10.1 Å². The highest BCUT2D eigenvalue weighted by Crippen LogP contribution is 2.27. The van der Waals surface area contributed by atoms with Gasteiger partial charge in [0.15, 0.2) is 5.78 Å². The normalized spacial score (nSPS) is 11.2. The first-order valence-corrected chi connectivity index (χ1v) is 10.5. The summed E-state index contributed by atoms with van der Waals surface area (Å²) in [6.45, 7) is 6.54. The Morgan fingerprint density at radius 3 is 2.03 bits per heavy atom. The third-order valence-electron chi connectivity index (χ3n) is 5.62. The van der Waals surface area contributed by atoms with Crippen molar-refractivity contribution in [2.45, 2.75) is 34.1 Å². The van der Waals surface area contributed by atoms with E-state index in [0.717, 1.165) is 16.7 Å². The number of carbonyl (C=O) groups excluding carboxylic acids is 2. The molecule has 3 aromatic carbocycles. The molecule has 170 valence electrons. The highest BCUT2D eigenvalue weighted by atomic mass is 19.1. The SMILES string of the molecule is Cc1cc(C(=O)Nc2ccc(-c3ccc(C(=O)CC(C)(C)C(=O)O)cc3)cc2C)ccc1F. The monoisotopic (exact) mass is 447 g/mol.